The van der Waals surface area contributed by atoms with Crippen LogP contribution < -0.4 is 14.9 Å². The van der Waals surface area contributed by atoms with Crippen LogP contribution in [0, 0.1) is 5.92 Å². The van der Waals surface area contributed by atoms with Gasteiger partial charge in [0, 0.05) is 10.9 Å². The van der Waals surface area contributed by atoms with Gasteiger partial charge in [-0.3, -0.25) is 9.59 Å². The number of fused-ring (bicyclic) bond motifs is 2. The molecule has 4 rings (SSSR count). The van der Waals surface area contributed by atoms with Crippen molar-refractivity contribution in [3.05, 3.63) is 59.3 Å². The molecular weight excluding hydrogens is 425 g/mol. The van der Waals surface area contributed by atoms with E-state index in [1.165, 1.54) is 12.8 Å². The molecule has 0 amide bonds. The standard InChI is InChI=1S/C28H32BNO4/c1-4-7-9-17(5-2)16-34-22-11-8-10-18-12-15-21(30-25(18)22)24-26(31)19-13-14-20(29)28(33-6-3)23(19)27(24)32/h8,10-15,17,24H,4-7,9,16,29H2,1-3H3. The highest BCUT2D eigenvalue weighted by Gasteiger charge is 2.43. The van der Waals surface area contributed by atoms with Gasteiger partial charge in [0.15, 0.2) is 11.6 Å². The highest BCUT2D eigenvalue weighted by atomic mass is 16.5. The summed E-state index contributed by atoms with van der Waals surface area (Å²) in [5.41, 5.74) is 2.77. The van der Waals surface area contributed by atoms with Gasteiger partial charge in [-0.2, -0.15) is 0 Å². The van der Waals surface area contributed by atoms with E-state index in [0.29, 0.717) is 53.0 Å². The summed E-state index contributed by atoms with van der Waals surface area (Å²) >= 11 is 0. The Bertz CT molecular complexity index is 1220. The number of hydrogen-bond acceptors (Lipinski definition) is 5. The second-order valence-electron chi connectivity index (χ2n) is 9.02. The maximum absolute atomic E-state index is 13.5. The second kappa shape index (κ2) is 10.4. The smallest absolute Gasteiger partial charge is 0.184 e. The fourth-order valence-electron chi connectivity index (χ4n) is 4.67. The lowest BCUT2D eigenvalue weighted by molar-refractivity contribution is 0.0887. The number of aromatic nitrogens is 1. The topological polar surface area (TPSA) is 65.5 Å². The molecule has 2 atom stereocenters. The monoisotopic (exact) mass is 457 g/mol. The van der Waals surface area contributed by atoms with Gasteiger partial charge in [0.2, 0.25) is 0 Å². The molecular formula is C28H32BNO4. The summed E-state index contributed by atoms with van der Waals surface area (Å²) < 4.78 is 12.0. The molecule has 3 aromatic rings. The van der Waals surface area contributed by atoms with E-state index < -0.39 is 5.92 Å². The Hall–Kier alpha value is -3.15. The number of pyridine rings is 1. The summed E-state index contributed by atoms with van der Waals surface area (Å²) in [6.45, 7) is 7.32. The Morgan fingerprint density at radius 3 is 2.56 bits per heavy atom. The van der Waals surface area contributed by atoms with Crippen molar-refractivity contribution in [3.63, 3.8) is 0 Å². The zero-order valence-corrected chi connectivity index (χ0v) is 20.5. The summed E-state index contributed by atoms with van der Waals surface area (Å²) in [5.74, 6) is 0.256. The molecule has 1 aliphatic carbocycles. The summed E-state index contributed by atoms with van der Waals surface area (Å²) in [4.78, 5) is 31.6. The number of Topliss-reactive ketones (excluding diaryl/α,β-unsaturated/α-hetero) is 2. The molecule has 0 radical (unpaired) electrons. The van der Waals surface area contributed by atoms with Crippen molar-refractivity contribution in [2.24, 2.45) is 5.92 Å². The zero-order valence-electron chi connectivity index (χ0n) is 20.5. The molecule has 1 aromatic heterocycles. The first kappa shape index (κ1) is 24.0. The second-order valence-corrected chi connectivity index (χ2v) is 9.02. The lowest BCUT2D eigenvalue weighted by Crippen LogP contribution is -2.16. The van der Waals surface area contributed by atoms with Gasteiger partial charge >= 0.3 is 0 Å². The summed E-state index contributed by atoms with van der Waals surface area (Å²) in [7, 11) is 1.89. The van der Waals surface area contributed by atoms with Gasteiger partial charge in [-0.05, 0) is 36.9 Å². The Balaban J connectivity index is 1.68. The normalized spacial score (nSPS) is 16.0. The maximum Gasteiger partial charge on any atom is 0.184 e. The van der Waals surface area contributed by atoms with Gasteiger partial charge in [0.1, 0.15) is 30.8 Å². The lowest BCUT2D eigenvalue weighted by Gasteiger charge is -2.17. The van der Waals surface area contributed by atoms with Crippen molar-refractivity contribution in [1.29, 1.82) is 0 Å². The van der Waals surface area contributed by atoms with Crippen LogP contribution in [0.15, 0.2) is 42.5 Å². The molecule has 0 saturated carbocycles. The van der Waals surface area contributed by atoms with E-state index in [9.17, 15) is 9.59 Å². The number of carbonyl (C=O) groups excluding carboxylic acids is 2. The molecule has 0 N–H and O–H groups in total. The van der Waals surface area contributed by atoms with Crippen LogP contribution in [0.4, 0.5) is 0 Å². The van der Waals surface area contributed by atoms with Crippen molar-refractivity contribution >= 4 is 35.8 Å². The third-order valence-electron chi connectivity index (χ3n) is 6.70. The molecule has 6 heteroatoms. The number of ether oxygens (including phenoxy) is 2. The number of para-hydroxylation sites is 1. The molecule has 0 aliphatic heterocycles. The molecule has 0 spiro atoms. The van der Waals surface area contributed by atoms with Crippen LogP contribution in [-0.4, -0.2) is 37.6 Å². The Labute approximate surface area is 202 Å². The number of rotatable bonds is 10. The van der Waals surface area contributed by atoms with E-state index in [1.807, 2.05) is 45.1 Å². The summed E-state index contributed by atoms with van der Waals surface area (Å²) in [5, 5.41) is 0.920. The van der Waals surface area contributed by atoms with Crippen LogP contribution in [0.2, 0.25) is 0 Å². The minimum absolute atomic E-state index is 0.225. The summed E-state index contributed by atoms with van der Waals surface area (Å²) in [6, 6.07) is 13.1. The van der Waals surface area contributed by atoms with E-state index in [1.54, 1.807) is 12.1 Å². The van der Waals surface area contributed by atoms with Gasteiger partial charge in [0.25, 0.3) is 0 Å². The number of hydrogen-bond donors (Lipinski definition) is 0. The van der Waals surface area contributed by atoms with Crippen molar-refractivity contribution in [3.8, 4) is 11.5 Å². The molecule has 2 aromatic carbocycles. The average Bonchev–Trinajstić information content (AvgIpc) is 3.10. The van der Waals surface area contributed by atoms with Crippen molar-refractivity contribution in [2.75, 3.05) is 13.2 Å². The number of unbranched alkanes of at least 4 members (excludes halogenated alkanes) is 1. The molecule has 5 nitrogen and oxygen atoms in total. The lowest BCUT2D eigenvalue weighted by atomic mass is 9.90. The minimum Gasteiger partial charge on any atom is -0.494 e. The third kappa shape index (κ3) is 4.46. The van der Waals surface area contributed by atoms with Crippen LogP contribution in [0.3, 0.4) is 0 Å². The number of nitrogens with zero attached hydrogens (tertiary/aromatic N) is 1. The quantitative estimate of drug-likeness (QED) is 0.328. The number of carbonyl (C=O) groups is 2. The zero-order chi connectivity index (χ0) is 24.2. The van der Waals surface area contributed by atoms with Gasteiger partial charge < -0.3 is 9.47 Å². The predicted octanol–water partition coefficient (Wildman–Crippen LogP) is 4.65. The van der Waals surface area contributed by atoms with Crippen molar-refractivity contribution in [2.45, 2.75) is 52.4 Å². The van der Waals surface area contributed by atoms with Crippen LogP contribution >= 0.6 is 0 Å². The van der Waals surface area contributed by atoms with E-state index in [-0.39, 0.29) is 11.6 Å². The molecule has 1 aliphatic rings. The first-order valence-corrected chi connectivity index (χ1v) is 12.4. The molecule has 0 fully saturated rings. The minimum atomic E-state index is -0.957. The van der Waals surface area contributed by atoms with Crippen molar-refractivity contribution < 1.29 is 19.1 Å². The van der Waals surface area contributed by atoms with Crippen molar-refractivity contribution in [1.82, 2.24) is 4.98 Å². The van der Waals surface area contributed by atoms with Gasteiger partial charge in [-0.15, -0.1) is 0 Å². The highest BCUT2D eigenvalue weighted by Crippen LogP contribution is 2.38. The number of ketones is 2. The molecule has 34 heavy (non-hydrogen) atoms. The Morgan fingerprint density at radius 2 is 1.82 bits per heavy atom. The van der Waals surface area contributed by atoms with E-state index in [0.717, 1.165) is 23.7 Å². The molecule has 1 heterocycles. The molecule has 0 bridgehead atoms. The molecule has 0 saturated heterocycles. The first-order valence-electron chi connectivity index (χ1n) is 12.4. The third-order valence-corrected chi connectivity index (χ3v) is 6.70. The number of benzene rings is 2. The fraction of sp³-hybridized carbons (Fsp3) is 0.393. The first-order chi connectivity index (χ1) is 16.5. The maximum atomic E-state index is 13.5. The SMILES string of the molecule is Bc1ccc2c(c1OCC)C(=O)C(c1ccc3cccc(OCC(CC)CCCC)c3n1)C2=O. The predicted molar refractivity (Wildman–Crippen MR) is 138 cm³/mol. The molecule has 176 valence electrons. The Morgan fingerprint density at radius 1 is 1.00 bits per heavy atom. The Kier molecular flexibility index (Phi) is 7.35. The van der Waals surface area contributed by atoms with E-state index >= 15 is 0 Å². The van der Waals surface area contributed by atoms with E-state index in [4.69, 9.17) is 14.5 Å². The van der Waals surface area contributed by atoms with Gasteiger partial charge in [0.05, 0.1) is 24.5 Å². The largest absolute Gasteiger partial charge is 0.494 e. The summed E-state index contributed by atoms with van der Waals surface area (Å²) in [6.07, 6.45) is 4.57. The highest BCUT2D eigenvalue weighted by molar-refractivity contribution is 6.38. The van der Waals surface area contributed by atoms with Crippen LogP contribution in [0.1, 0.15) is 78.8 Å². The van der Waals surface area contributed by atoms with E-state index in [2.05, 4.69) is 13.8 Å². The van der Waals surface area contributed by atoms with Gasteiger partial charge in [-0.1, -0.05) is 63.4 Å². The molecule has 2 unspecified atom stereocenters. The fourth-order valence-corrected chi connectivity index (χ4v) is 4.67. The average molecular weight is 457 g/mol. The van der Waals surface area contributed by atoms with Crippen LogP contribution in [0.25, 0.3) is 10.9 Å². The van der Waals surface area contributed by atoms with Crippen LogP contribution in [-0.2, 0) is 0 Å². The van der Waals surface area contributed by atoms with Gasteiger partial charge in [-0.25, -0.2) is 4.98 Å². The van der Waals surface area contributed by atoms with Crippen LogP contribution in [0.5, 0.6) is 11.5 Å².